The summed E-state index contributed by atoms with van der Waals surface area (Å²) in [7, 11) is 0. The molecule has 0 saturated heterocycles. The van der Waals surface area contributed by atoms with Crippen LogP contribution >= 0.6 is 23.2 Å². The van der Waals surface area contributed by atoms with Crippen LogP contribution in [0.5, 0.6) is 5.75 Å². The Hall–Kier alpha value is -0.730. The van der Waals surface area contributed by atoms with Crippen LogP contribution in [0.4, 0.5) is 0 Å². The van der Waals surface area contributed by atoms with Gasteiger partial charge in [0.1, 0.15) is 5.75 Å². The van der Waals surface area contributed by atoms with Gasteiger partial charge in [-0.05, 0) is 19.4 Å². The van der Waals surface area contributed by atoms with Crippen LogP contribution in [0.3, 0.4) is 0 Å². The number of carbonyl (C=O) groups is 1. The highest BCUT2D eigenvalue weighted by molar-refractivity contribution is 6.36. The molecule has 0 saturated carbocycles. The molecule has 0 aliphatic carbocycles. The van der Waals surface area contributed by atoms with E-state index >= 15 is 0 Å². The number of hydrogen-bond acceptors (Lipinski definition) is 2. The van der Waals surface area contributed by atoms with Crippen molar-refractivity contribution >= 4 is 29.0 Å². The molecule has 4 heteroatoms. The Bertz CT molecular complexity index is 430. The van der Waals surface area contributed by atoms with Gasteiger partial charge in [-0.15, -0.1) is 0 Å². The Kier molecular flexibility index (Phi) is 5.97. The van der Waals surface area contributed by atoms with E-state index in [-0.39, 0.29) is 11.7 Å². The number of carbonyl (C=O) groups excluding carboxylic acids is 1. The van der Waals surface area contributed by atoms with Gasteiger partial charge in [-0.3, -0.25) is 4.79 Å². The molecule has 18 heavy (non-hydrogen) atoms. The van der Waals surface area contributed by atoms with Crippen molar-refractivity contribution in [1.82, 2.24) is 0 Å². The lowest BCUT2D eigenvalue weighted by atomic mass is 9.95. The van der Waals surface area contributed by atoms with Crippen LogP contribution in [-0.2, 0) is 0 Å². The Balaban J connectivity index is 3.03. The molecular weight excluding hydrogens is 271 g/mol. The second-order valence-electron chi connectivity index (χ2n) is 4.25. The monoisotopic (exact) mass is 288 g/mol. The van der Waals surface area contributed by atoms with Gasteiger partial charge in [0.15, 0.2) is 5.78 Å². The van der Waals surface area contributed by atoms with E-state index in [0.717, 1.165) is 12.8 Å². The van der Waals surface area contributed by atoms with Gasteiger partial charge in [-0.25, -0.2) is 0 Å². The van der Waals surface area contributed by atoms with E-state index in [4.69, 9.17) is 27.9 Å². The SMILES string of the molecule is CCCC(C)C(=O)c1cc(Cl)c(OCC)cc1Cl. The van der Waals surface area contributed by atoms with Crippen molar-refractivity contribution in [2.24, 2.45) is 5.92 Å². The number of benzene rings is 1. The van der Waals surface area contributed by atoms with Crippen LogP contribution in [0.25, 0.3) is 0 Å². The highest BCUT2D eigenvalue weighted by atomic mass is 35.5. The number of Topliss-reactive ketones (excluding diaryl/α,β-unsaturated/α-hetero) is 1. The van der Waals surface area contributed by atoms with E-state index < -0.39 is 0 Å². The Labute approximate surface area is 118 Å². The summed E-state index contributed by atoms with van der Waals surface area (Å²) in [5, 5.41) is 0.823. The van der Waals surface area contributed by atoms with Gasteiger partial charge in [0.05, 0.1) is 16.7 Å². The van der Waals surface area contributed by atoms with Gasteiger partial charge in [-0.2, -0.15) is 0 Å². The Morgan fingerprint density at radius 1 is 1.28 bits per heavy atom. The van der Waals surface area contributed by atoms with Crippen molar-refractivity contribution in [3.63, 3.8) is 0 Å². The van der Waals surface area contributed by atoms with Crippen LogP contribution in [0.1, 0.15) is 44.0 Å². The summed E-state index contributed by atoms with van der Waals surface area (Å²) in [4.78, 5) is 12.2. The summed E-state index contributed by atoms with van der Waals surface area (Å²) in [5.41, 5.74) is 0.478. The molecule has 1 aromatic rings. The first kappa shape index (κ1) is 15.3. The van der Waals surface area contributed by atoms with Crippen LogP contribution in [0, 0.1) is 5.92 Å². The maximum absolute atomic E-state index is 12.2. The summed E-state index contributed by atoms with van der Waals surface area (Å²) in [6.07, 6.45) is 1.81. The Morgan fingerprint density at radius 3 is 2.50 bits per heavy atom. The molecule has 0 fully saturated rings. The normalized spacial score (nSPS) is 12.3. The highest BCUT2D eigenvalue weighted by Crippen LogP contribution is 2.32. The first-order valence-electron chi connectivity index (χ1n) is 6.17. The molecule has 0 aromatic heterocycles. The third kappa shape index (κ3) is 3.63. The average molecular weight is 289 g/mol. The topological polar surface area (TPSA) is 26.3 Å². The molecule has 0 N–H and O–H groups in total. The summed E-state index contributed by atoms with van der Waals surface area (Å²) < 4.78 is 5.33. The van der Waals surface area contributed by atoms with E-state index in [0.29, 0.717) is 28.0 Å². The largest absolute Gasteiger partial charge is 0.492 e. The standard InChI is InChI=1S/C14H18Cl2O2/c1-4-6-9(3)14(17)10-7-12(16)13(18-5-2)8-11(10)15/h7-9H,4-6H2,1-3H3. The van der Waals surface area contributed by atoms with Crippen LogP contribution < -0.4 is 4.74 Å². The first-order chi connectivity index (χ1) is 8.51. The molecule has 0 aliphatic heterocycles. The number of halogens is 2. The molecule has 1 unspecified atom stereocenters. The number of rotatable bonds is 6. The predicted octanol–water partition coefficient (Wildman–Crippen LogP) is 5.01. The molecule has 100 valence electrons. The zero-order valence-corrected chi connectivity index (χ0v) is 12.4. The van der Waals surface area contributed by atoms with E-state index in [1.807, 2.05) is 13.8 Å². The summed E-state index contributed by atoms with van der Waals surface area (Å²) in [5.74, 6) is 0.511. The third-order valence-electron chi connectivity index (χ3n) is 2.76. The van der Waals surface area contributed by atoms with E-state index in [2.05, 4.69) is 6.92 Å². The Morgan fingerprint density at radius 2 is 1.94 bits per heavy atom. The molecule has 0 spiro atoms. The molecule has 2 nitrogen and oxygen atoms in total. The molecule has 0 amide bonds. The fourth-order valence-corrected chi connectivity index (χ4v) is 2.28. The highest BCUT2D eigenvalue weighted by Gasteiger charge is 2.19. The van der Waals surface area contributed by atoms with E-state index in [1.54, 1.807) is 12.1 Å². The maximum atomic E-state index is 12.2. The van der Waals surface area contributed by atoms with Crippen molar-refractivity contribution < 1.29 is 9.53 Å². The van der Waals surface area contributed by atoms with Crippen molar-refractivity contribution in [2.45, 2.75) is 33.6 Å². The summed E-state index contributed by atoms with van der Waals surface area (Å²) >= 11 is 12.2. The number of ether oxygens (including phenoxy) is 1. The molecule has 1 aromatic carbocycles. The summed E-state index contributed by atoms with van der Waals surface area (Å²) in [6.45, 7) is 6.34. The lowest BCUT2D eigenvalue weighted by Crippen LogP contribution is -2.12. The average Bonchev–Trinajstić information content (AvgIpc) is 2.33. The maximum Gasteiger partial charge on any atom is 0.167 e. The van der Waals surface area contributed by atoms with Crippen LogP contribution in [0.15, 0.2) is 12.1 Å². The molecule has 1 atom stereocenters. The van der Waals surface area contributed by atoms with Gasteiger partial charge in [0, 0.05) is 17.5 Å². The molecular formula is C14H18Cl2O2. The zero-order valence-electron chi connectivity index (χ0n) is 10.9. The molecule has 0 heterocycles. The predicted molar refractivity (Wildman–Crippen MR) is 76.0 cm³/mol. The zero-order chi connectivity index (χ0) is 13.7. The number of ketones is 1. The van der Waals surface area contributed by atoms with Gasteiger partial charge in [0.25, 0.3) is 0 Å². The first-order valence-corrected chi connectivity index (χ1v) is 6.92. The lowest BCUT2D eigenvalue weighted by Gasteiger charge is -2.13. The fraction of sp³-hybridized carbons (Fsp3) is 0.500. The van der Waals surface area contributed by atoms with Gasteiger partial charge in [-0.1, -0.05) is 43.5 Å². The van der Waals surface area contributed by atoms with Crippen molar-refractivity contribution in [1.29, 1.82) is 0 Å². The number of hydrogen-bond donors (Lipinski definition) is 0. The van der Waals surface area contributed by atoms with Crippen LogP contribution in [0.2, 0.25) is 10.0 Å². The second kappa shape index (κ2) is 7.01. The minimum atomic E-state index is -0.0403. The third-order valence-corrected chi connectivity index (χ3v) is 3.36. The summed E-state index contributed by atoms with van der Waals surface area (Å²) in [6, 6.07) is 3.21. The minimum Gasteiger partial charge on any atom is -0.492 e. The lowest BCUT2D eigenvalue weighted by molar-refractivity contribution is 0.0923. The van der Waals surface area contributed by atoms with Crippen molar-refractivity contribution in [3.8, 4) is 5.75 Å². The smallest absolute Gasteiger partial charge is 0.167 e. The second-order valence-corrected chi connectivity index (χ2v) is 5.06. The van der Waals surface area contributed by atoms with Crippen molar-refractivity contribution in [2.75, 3.05) is 6.61 Å². The molecule has 1 rings (SSSR count). The minimum absolute atomic E-state index is 0.0341. The van der Waals surface area contributed by atoms with Crippen molar-refractivity contribution in [3.05, 3.63) is 27.7 Å². The van der Waals surface area contributed by atoms with Crippen LogP contribution in [-0.4, -0.2) is 12.4 Å². The van der Waals surface area contributed by atoms with Gasteiger partial charge >= 0.3 is 0 Å². The van der Waals surface area contributed by atoms with Gasteiger partial charge in [0.2, 0.25) is 0 Å². The quantitative estimate of drug-likeness (QED) is 0.688. The van der Waals surface area contributed by atoms with E-state index in [9.17, 15) is 4.79 Å². The molecule has 0 radical (unpaired) electrons. The van der Waals surface area contributed by atoms with E-state index in [1.165, 1.54) is 0 Å². The molecule has 0 bridgehead atoms. The molecule has 0 aliphatic rings. The van der Waals surface area contributed by atoms with Gasteiger partial charge < -0.3 is 4.74 Å². The fourth-order valence-electron chi connectivity index (χ4n) is 1.81.